The molecule has 4 nitrogen and oxygen atoms in total. The molecule has 1 heterocycles. The maximum absolute atomic E-state index is 10.7. The van der Waals surface area contributed by atoms with Crippen LogP contribution in [0.25, 0.3) is 0 Å². The quantitative estimate of drug-likeness (QED) is 0.677. The highest BCUT2D eigenvalue weighted by Gasteiger charge is 2.13. The number of ketones is 1. The van der Waals surface area contributed by atoms with Crippen LogP contribution in [0.15, 0.2) is 16.5 Å². The van der Waals surface area contributed by atoms with Gasteiger partial charge in [0.2, 0.25) is 5.78 Å². The van der Waals surface area contributed by atoms with Crippen LogP contribution in [0.5, 0.6) is 0 Å². The minimum Gasteiger partial charge on any atom is -0.475 e. The minimum atomic E-state index is -1.43. The summed E-state index contributed by atoms with van der Waals surface area (Å²) in [5.74, 6) is -1.23. The zero-order valence-corrected chi connectivity index (χ0v) is 6.53. The summed E-state index contributed by atoms with van der Waals surface area (Å²) in [6.45, 7) is 1.73. The van der Waals surface area contributed by atoms with Crippen molar-refractivity contribution in [2.75, 3.05) is 0 Å². The Bertz CT molecular complexity index is 311. The molecule has 4 heteroatoms. The number of aliphatic carboxylic acids is 1. The predicted molar refractivity (Wildman–Crippen MR) is 39.8 cm³/mol. The molecule has 0 amide bonds. The summed E-state index contributed by atoms with van der Waals surface area (Å²) in [5.41, 5.74) is 0. The smallest absolute Gasteiger partial charge is 0.372 e. The van der Waals surface area contributed by atoms with Crippen LogP contribution in [-0.2, 0) is 16.0 Å². The molecule has 0 fully saturated rings. The van der Waals surface area contributed by atoms with Crippen LogP contribution in [0.3, 0.4) is 0 Å². The van der Waals surface area contributed by atoms with Gasteiger partial charge in [0.05, 0.1) is 6.42 Å². The van der Waals surface area contributed by atoms with Crippen LogP contribution in [0.1, 0.15) is 11.5 Å². The lowest BCUT2D eigenvalue weighted by Crippen LogP contribution is -2.14. The van der Waals surface area contributed by atoms with Gasteiger partial charge in [-0.25, -0.2) is 4.79 Å². The summed E-state index contributed by atoms with van der Waals surface area (Å²) in [5, 5.41) is 8.26. The largest absolute Gasteiger partial charge is 0.475 e. The molecular weight excluding hydrogens is 160 g/mol. The molecule has 0 unspecified atom stereocenters. The molecular formula is C8H8O4. The molecule has 0 aliphatic rings. The number of carboxylic acids is 1. The van der Waals surface area contributed by atoms with E-state index in [1.807, 2.05) is 0 Å². The van der Waals surface area contributed by atoms with Gasteiger partial charge >= 0.3 is 5.97 Å². The first-order chi connectivity index (χ1) is 5.59. The first-order valence-electron chi connectivity index (χ1n) is 3.41. The van der Waals surface area contributed by atoms with Crippen molar-refractivity contribution in [3.05, 3.63) is 23.7 Å². The maximum Gasteiger partial charge on any atom is 0.372 e. The van der Waals surface area contributed by atoms with Crippen molar-refractivity contribution in [1.82, 2.24) is 0 Å². The van der Waals surface area contributed by atoms with Crippen molar-refractivity contribution in [1.29, 1.82) is 0 Å². The van der Waals surface area contributed by atoms with E-state index in [9.17, 15) is 9.59 Å². The van der Waals surface area contributed by atoms with Gasteiger partial charge < -0.3 is 9.52 Å². The lowest BCUT2D eigenvalue weighted by Gasteiger charge is -1.90. The van der Waals surface area contributed by atoms with Gasteiger partial charge in [-0.05, 0) is 19.1 Å². The van der Waals surface area contributed by atoms with Gasteiger partial charge in [0.25, 0.3) is 0 Å². The van der Waals surface area contributed by atoms with Crippen LogP contribution in [-0.4, -0.2) is 16.9 Å². The number of hydrogen-bond acceptors (Lipinski definition) is 3. The van der Waals surface area contributed by atoms with Gasteiger partial charge in [-0.3, -0.25) is 4.79 Å². The van der Waals surface area contributed by atoms with Crippen molar-refractivity contribution < 1.29 is 19.1 Å². The fourth-order valence-corrected chi connectivity index (χ4v) is 0.814. The van der Waals surface area contributed by atoms with Gasteiger partial charge in [-0.1, -0.05) is 0 Å². The Labute approximate surface area is 68.8 Å². The third kappa shape index (κ3) is 1.95. The number of hydrogen-bond donors (Lipinski definition) is 1. The maximum atomic E-state index is 10.7. The van der Waals surface area contributed by atoms with E-state index in [-0.39, 0.29) is 6.42 Å². The Kier molecular flexibility index (Phi) is 2.28. The average molecular weight is 168 g/mol. The molecule has 64 valence electrons. The average Bonchev–Trinajstić information content (AvgIpc) is 2.35. The van der Waals surface area contributed by atoms with E-state index < -0.39 is 11.8 Å². The lowest BCUT2D eigenvalue weighted by molar-refractivity contribution is -0.148. The Balaban J connectivity index is 2.64. The third-order valence-electron chi connectivity index (χ3n) is 1.37. The highest BCUT2D eigenvalue weighted by Crippen LogP contribution is 2.06. The molecule has 0 aliphatic carbocycles. The number of rotatable bonds is 3. The van der Waals surface area contributed by atoms with E-state index in [4.69, 9.17) is 9.52 Å². The molecule has 0 saturated carbocycles. The summed E-state index contributed by atoms with van der Waals surface area (Å²) < 4.78 is 5.02. The van der Waals surface area contributed by atoms with Crippen molar-refractivity contribution >= 4 is 11.8 Å². The normalized spacial score (nSPS) is 9.75. The molecule has 1 aromatic rings. The van der Waals surface area contributed by atoms with Crippen LogP contribution >= 0.6 is 0 Å². The van der Waals surface area contributed by atoms with E-state index >= 15 is 0 Å². The van der Waals surface area contributed by atoms with Crippen molar-refractivity contribution in [3.8, 4) is 0 Å². The molecule has 0 saturated heterocycles. The van der Waals surface area contributed by atoms with Gasteiger partial charge in [-0.15, -0.1) is 0 Å². The second kappa shape index (κ2) is 3.21. The van der Waals surface area contributed by atoms with Gasteiger partial charge in [0.1, 0.15) is 11.5 Å². The lowest BCUT2D eigenvalue weighted by atomic mass is 10.2. The Morgan fingerprint density at radius 2 is 2.17 bits per heavy atom. The zero-order chi connectivity index (χ0) is 9.14. The number of carbonyl (C=O) groups excluding carboxylic acids is 1. The Morgan fingerprint density at radius 3 is 2.58 bits per heavy atom. The summed E-state index contributed by atoms with van der Waals surface area (Å²) >= 11 is 0. The van der Waals surface area contributed by atoms with Crippen LogP contribution in [0.4, 0.5) is 0 Å². The molecule has 1 rings (SSSR count). The standard InChI is InChI=1S/C8H8O4/c1-5-2-3-6(12-5)4-7(9)8(10)11/h2-3H,4H2,1H3,(H,10,11). The van der Waals surface area contributed by atoms with Gasteiger partial charge in [0.15, 0.2) is 0 Å². The minimum absolute atomic E-state index is 0.177. The molecule has 0 aliphatic heterocycles. The summed E-state index contributed by atoms with van der Waals surface area (Å²) in [6, 6.07) is 3.28. The molecule has 1 N–H and O–H groups in total. The molecule has 0 atom stereocenters. The predicted octanol–water partition coefficient (Wildman–Crippen LogP) is 0.784. The molecule has 0 bridgehead atoms. The molecule has 0 radical (unpaired) electrons. The topological polar surface area (TPSA) is 67.5 Å². The van der Waals surface area contributed by atoms with E-state index in [1.165, 1.54) is 0 Å². The molecule has 1 aromatic heterocycles. The van der Waals surface area contributed by atoms with Crippen molar-refractivity contribution in [3.63, 3.8) is 0 Å². The molecule has 0 spiro atoms. The number of Topliss-reactive ketones (excluding diaryl/α,β-unsaturated/α-hetero) is 1. The first kappa shape index (κ1) is 8.52. The van der Waals surface area contributed by atoms with Gasteiger partial charge in [0, 0.05) is 0 Å². The zero-order valence-electron chi connectivity index (χ0n) is 6.53. The van der Waals surface area contributed by atoms with E-state index in [2.05, 4.69) is 0 Å². The molecule has 0 aromatic carbocycles. The highest BCUT2D eigenvalue weighted by molar-refractivity contribution is 6.33. The number of carbonyl (C=O) groups is 2. The van der Waals surface area contributed by atoms with Crippen LogP contribution in [0.2, 0.25) is 0 Å². The number of furan rings is 1. The second-order valence-electron chi connectivity index (χ2n) is 2.42. The Hall–Kier alpha value is -1.58. The second-order valence-corrected chi connectivity index (χ2v) is 2.42. The van der Waals surface area contributed by atoms with E-state index in [1.54, 1.807) is 19.1 Å². The first-order valence-corrected chi connectivity index (χ1v) is 3.41. The highest BCUT2D eigenvalue weighted by atomic mass is 16.4. The van der Waals surface area contributed by atoms with E-state index in [0.717, 1.165) is 0 Å². The summed E-state index contributed by atoms with van der Waals surface area (Å²) in [7, 11) is 0. The van der Waals surface area contributed by atoms with Crippen LogP contribution in [0, 0.1) is 6.92 Å². The van der Waals surface area contributed by atoms with Crippen molar-refractivity contribution in [2.45, 2.75) is 13.3 Å². The SMILES string of the molecule is Cc1ccc(CC(=O)C(=O)O)o1. The third-order valence-corrected chi connectivity index (χ3v) is 1.37. The van der Waals surface area contributed by atoms with Crippen molar-refractivity contribution in [2.24, 2.45) is 0 Å². The molecule has 12 heavy (non-hydrogen) atoms. The fourth-order valence-electron chi connectivity index (χ4n) is 0.814. The van der Waals surface area contributed by atoms with E-state index in [0.29, 0.717) is 11.5 Å². The van der Waals surface area contributed by atoms with Gasteiger partial charge in [-0.2, -0.15) is 0 Å². The summed E-state index contributed by atoms with van der Waals surface area (Å²) in [6.07, 6.45) is -0.177. The number of aryl methyl sites for hydroxylation is 1. The fraction of sp³-hybridized carbons (Fsp3) is 0.250. The van der Waals surface area contributed by atoms with Crippen LogP contribution < -0.4 is 0 Å². The number of carboxylic acid groups (broad SMARTS) is 1. The monoisotopic (exact) mass is 168 g/mol. The Morgan fingerprint density at radius 1 is 1.50 bits per heavy atom. The summed E-state index contributed by atoms with van der Waals surface area (Å²) in [4.78, 5) is 20.8.